The smallest absolute Gasteiger partial charge is 0.254 e. The first-order valence-electron chi connectivity index (χ1n) is 4.70. The SMILES string of the molecule is CC/C(=C/N(C)C(C)C)C(=O)NC=O. The number of nitrogens with zero attached hydrogens (tertiary/aromatic N) is 1. The summed E-state index contributed by atoms with van der Waals surface area (Å²) in [6, 6.07) is 0.334. The minimum atomic E-state index is -0.324. The third-order valence-electron chi connectivity index (χ3n) is 2.04. The highest BCUT2D eigenvalue weighted by molar-refractivity contribution is 5.98. The molecule has 0 saturated carbocycles. The Bertz CT molecular complexity index is 234. The van der Waals surface area contributed by atoms with Crippen LogP contribution in [0, 0.1) is 0 Å². The van der Waals surface area contributed by atoms with Gasteiger partial charge in [0.25, 0.3) is 5.91 Å². The van der Waals surface area contributed by atoms with Gasteiger partial charge >= 0.3 is 0 Å². The standard InChI is InChI=1S/C10H18N2O2/c1-5-9(10(14)11-7-13)6-12(4)8(2)3/h6-8H,5H2,1-4H3,(H,11,13,14)/b9-6-. The Morgan fingerprint density at radius 2 is 2.07 bits per heavy atom. The molecule has 0 fully saturated rings. The van der Waals surface area contributed by atoms with Crippen LogP contribution in [0.25, 0.3) is 0 Å². The van der Waals surface area contributed by atoms with Crippen LogP contribution in [0.4, 0.5) is 0 Å². The summed E-state index contributed by atoms with van der Waals surface area (Å²) in [5.74, 6) is -0.324. The summed E-state index contributed by atoms with van der Waals surface area (Å²) in [4.78, 5) is 23.3. The van der Waals surface area contributed by atoms with Crippen LogP contribution >= 0.6 is 0 Å². The van der Waals surface area contributed by atoms with Gasteiger partial charge in [-0.25, -0.2) is 0 Å². The first-order chi connectivity index (χ1) is 6.52. The van der Waals surface area contributed by atoms with E-state index in [0.717, 1.165) is 0 Å². The van der Waals surface area contributed by atoms with Gasteiger partial charge < -0.3 is 4.90 Å². The van der Waals surface area contributed by atoms with E-state index in [4.69, 9.17) is 0 Å². The molecule has 0 aromatic rings. The van der Waals surface area contributed by atoms with Crippen LogP contribution in [0.3, 0.4) is 0 Å². The number of nitrogens with one attached hydrogen (secondary N) is 1. The van der Waals surface area contributed by atoms with Crippen molar-refractivity contribution in [2.45, 2.75) is 33.2 Å². The molecule has 0 saturated heterocycles. The van der Waals surface area contributed by atoms with Crippen molar-refractivity contribution in [3.05, 3.63) is 11.8 Å². The molecule has 0 rings (SSSR count). The average molecular weight is 198 g/mol. The van der Waals surface area contributed by atoms with Crippen molar-refractivity contribution in [1.82, 2.24) is 10.2 Å². The van der Waals surface area contributed by atoms with E-state index in [-0.39, 0.29) is 5.91 Å². The van der Waals surface area contributed by atoms with Gasteiger partial charge in [0.15, 0.2) is 0 Å². The lowest BCUT2D eigenvalue weighted by atomic mass is 10.2. The minimum absolute atomic E-state index is 0.324. The number of hydrogen-bond acceptors (Lipinski definition) is 3. The largest absolute Gasteiger partial charge is 0.378 e. The predicted octanol–water partition coefficient (Wildman–Crippen LogP) is 0.893. The van der Waals surface area contributed by atoms with Crippen LogP contribution < -0.4 is 5.32 Å². The maximum absolute atomic E-state index is 11.3. The van der Waals surface area contributed by atoms with Crippen LogP contribution in [0.5, 0.6) is 0 Å². The molecule has 0 aliphatic rings. The molecule has 0 heterocycles. The van der Waals surface area contributed by atoms with Crippen LogP contribution in [0.15, 0.2) is 11.8 Å². The molecule has 80 valence electrons. The quantitative estimate of drug-likeness (QED) is 0.527. The van der Waals surface area contributed by atoms with E-state index >= 15 is 0 Å². The summed E-state index contributed by atoms with van der Waals surface area (Å²) in [5.41, 5.74) is 0.605. The molecule has 0 aliphatic carbocycles. The predicted molar refractivity (Wildman–Crippen MR) is 55.5 cm³/mol. The third-order valence-corrected chi connectivity index (χ3v) is 2.04. The van der Waals surface area contributed by atoms with Gasteiger partial charge in [0, 0.05) is 24.9 Å². The van der Waals surface area contributed by atoms with E-state index in [0.29, 0.717) is 24.4 Å². The minimum Gasteiger partial charge on any atom is -0.378 e. The topological polar surface area (TPSA) is 49.4 Å². The maximum atomic E-state index is 11.3. The third kappa shape index (κ3) is 4.07. The van der Waals surface area contributed by atoms with Gasteiger partial charge in [0.2, 0.25) is 6.41 Å². The van der Waals surface area contributed by atoms with Gasteiger partial charge in [-0.05, 0) is 20.3 Å². The first kappa shape index (κ1) is 12.7. The second kappa shape index (κ2) is 6.18. The van der Waals surface area contributed by atoms with Crippen LogP contribution in [0.2, 0.25) is 0 Å². The van der Waals surface area contributed by atoms with E-state index in [9.17, 15) is 9.59 Å². The Labute approximate surface area is 85.0 Å². The van der Waals surface area contributed by atoms with E-state index in [1.54, 1.807) is 6.20 Å². The van der Waals surface area contributed by atoms with Crippen molar-refractivity contribution in [1.29, 1.82) is 0 Å². The maximum Gasteiger partial charge on any atom is 0.254 e. The molecule has 14 heavy (non-hydrogen) atoms. The van der Waals surface area contributed by atoms with E-state index < -0.39 is 0 Å². The van der Waals surface area contributed by atoms with Crippen LogP contribution in [0.1, 0.15) is 27.2 Å². The number of imide groups is 1. The molecular weight excluding hydrogens is 180 g/mol. The molecule has 0 unspecified atom stereocenters. The van der Waals surface area contributed by atoms with E-state index in [2.05, 4.69) is 5.32 Å². The zero-order valence-electron chi connectivity index (χ0n) is 9.20. The summed E-state index contributed by atoms with van der Waals surface area (Å²) in [6.45, 7) is 5.94. The number of hydrogen-bond donors (Lipinski definition) is 1. The number of amides is 2. The molecule has 4 nitrogen and oxygen atoms in total. The molecule has 0 aromatic carbocycles. The second-order valence-corrected chi connectivity index (χ2v) is 3.36. The van der Waals surface area contributed by atoms with Gasteiger partial charge in [-0.2, -0.15) is 0 Å². The Hall–Kier alpha value is -1.32. The van der Waals surface area contributed by atoms with E-state index in [1.807, 2.05) is 32.7 Å². The van der Waals surface area contributed by atoms with E-state index in [1.165, 1.54) is 0 Å². The van der Waals surface area contributed by atoms with Gasteiger partial charge in [-0.1, -0.05) is 6.92 Å². The molecular formula is C10H18N2O2. The molecule has 0 aromatic heterocycles. The molecule has 0 atom stereocenters. The molecule has 0 aliphatic heterocycles. The Balaban J connectivity index is 4.53. The van der Waals surface area contributed by atoms with Crippen molar-refractivity contribution in [3.8, 4) is 0 Å². The molecule has 4 heteroatoms. The Morgan fingerprint density at radius 1 is 1.50 bits per heavy atom. The summed E-state index contributed by atoms with van der Waals surface area (Å²) in [7, 11) is 1.90. The highest BCUT2D eigenvalue weighted by Crippen LogP contribution is 2.04. The fourth-order valence-electron chi connectivity index (χ4n) is 0.852. The summed E-state index contributed by atoms with van der Waals surface area (Å²) < 4.78 is 0. The lowest BCUT2D eigenvalue weighted by Gasteiger charge is -2.20. The van der Waals surface area contributed by atoms with Crippen molar-refractivity contribution < 1.29 is 9.59 Å². The van der Waals surface area contributed by atoms with Gasteiger partial charge in [0.1, 0.15) is 0 Å². The number of carbonyl (C=O) groups is 2. The monoisotopic (exact) mass is 198 g/mol. The normalized spacial score (nSPS) is 11.4. The molecule has 1 N–H and O–H groups in total. The Morgan fingerprint density at radius 3 is 2.43 bits per heavy atom. The average Bonchev–Trinajstić information content (AvgIpc) is 2.13. The lowest BCUT2D eigenvalue weighted by Crippen LogP contribution is -2.27. The number of carbonyl (C=O) groups excluding carboxylic acids is 2. The first-order valence-corrected chi connectivity index (χ1v) is 4.70. The van der Waals surface area contributed by atoms with Crippen LogP contribution in [-0.4, -0.2) is 30.3 Å². The van der Waals surface area contributed by atoms with Crippen LogP contribution in [-0.2, 0) is 9.59 Å². The highest BCUT2D eigenvalue weighted by Gasteiger charge is 2.08. The van der Waals surface area contributed by atoms with Gasteiger partial charge in [-0.15, -0.1) is 0 Å². The zero-order valence-corrected chi connectivity index (χ0v) is 9.20. The summed E-state index contributed by atoms with van der Waals surface area (Å²) >= 11 is 0. The van der Waals surface area contributed by atoms with Crippen molar-refractivity contribution in [2.75, 3.05) is 7.05 Å². The van der Waals surface area contributed by atoms with Gasteiger partial charge in [-0.3, -0.25) is 14.9 Å². The molecule has 2 amide bonds. The fourth-order valence-corrected chi connectivity index (χ4v) is 0.852. The van der Waals surface area contributed by atoms with Gasteiger partial charge in [0.05, 0.1) is 0 Å². The second-order valence-electron chi connectivity index (χ2n) is 3.36. The number of rotatable bonds is 5. The lowest BCUT2D eigenvalue weighted by molar-refractivity contribution is -0.122. The zero-order chi connectivity index (χ0) is 11.1. The van der Waals surface area contributed by atoms with Crippen molar-refractivity contribution in [2.24, 2.45) is 0 Å². The molecule has 0 spiro atoms. The summed E-state index contributed by atoms with van der Waals surface area (Å²) in [6.07, 6.45) is 2.78. The fraction of sp³-hybridized carbons (Fsp3) is 0.600. The Kier molecular flexibility index (Phi) is 5.60. The van der Waals surface area contributed by atoms with Crippen molar-refractivity contribution >= 4 is 12.3 Å². The summed E-state index contributed by atoms with van der Waals surface area (Å²) in [5, 5.41) is 2.13. The van der Waals surface area contributed by atoms with Crippen molar-refractivity contribution in [3.63, 3.8) is 0 Å². The molecule has 0 radical (unpaired) electrons. The highest BCUT2D eigenvalue weighted by atomic mass is 16.2. The molecule has 0 bridgehead atoms.